The first kappa shape index (κ1) is 26.8. The monoisotopic (exact) mass is 582 g/mol. The van der Waals surface area contributed by atoms with Gasteiger partial charge >= 0.3 is 0 Å². The predicted octanol–water partition coefficient (Wildman–Crippen LogP) is 7.07. The summed E-state index contributed by atoms with van der Waals surface area (Å²) < 4.78 is 13.7. The summed E-state index contributed by atoms with van der Waals surface area (Å²) in [5, 5.41) is 19.7. The number of rotatable bonds is 7. The Morgan fingerprint density at radius 2 is 1.85 bits per heavy atom. The molecule has 1 atom stereocenters. The first-order valence-electron chi connectivity index (χ1n) is 11.9. The first-order chi connectivity index (χ1) is 18.7. The molecule has 198 valence electrons. The van der Waals surface area contributed by atoms with Gasteiger partial charge in [-0.05, 0) is 50.2 Å². The summed E-state index contributed by atoms with van der Waals surface area (Å²) in [6.45, 7) is 4.11. The standard InChI is InChI=1S/C27H22Cl3FN8/c1-14(2)39-13-23(37-38-39)26(18-4-3-7-33-27(18)30)36-17-8-19-24(35-16-5-6-22(31)20(28)9-16)15(11-32)12-34-25(19)21(29)10-17/h3-10,12-14,26,36-38H,1-2H3,(H,34,35)/t26-/m0/s1. The zero-order valence-corrected chi connectivity index (χ0v) is 23.0. The van der Waals surface area contributed by atoms with Crippen molar-refractivity contribution in [2.24, 2.45) is 0 Å². The third-order valence-corrected chi connectivity index (χ3v) is 7.01. The molecule has 8 nitrogen and oxygen atoms in total. The van der Waals surface area contributed by atoms with E-state index in [9.17, 15) is 9.65 Å². The van der Waals surface area contributed by atoms with E-state index in [-0.39, 0.29) is 16.6 Å². The SMILES string of the molecule is CC(C)N1C=C([C@@H](Nc2cc(Cl)c3ncc(C#N)c(Nc4ccc(F)c(Cl)c4)c3c2)c2cccnc2Cl)NN1. The lowest BCUT2D eigenvalue weighted by Crippen LogP contribution is -2.41. The average molecular weight is 584 g/mol. The van der Waals surface area contributed by atoms with Gasteiger partial charge in [0, 0.05) is 47.0 Å². The predicted molar refractivity (Wildman–Crippen MR) is 153 cm³/mol. The molecule has 39 heavy (non-hydrogen) atoms. The van der Waals surface area contributed by atoms with Crippen LogP contribution in [0.5, 0.6) is 0 Å². The number of hydrazine groups is 2. The van der Waals surface area contributed by atoms with E-state index in [1.54, 1.807) is 12.3 Å². The molecule has 2 aromatic carbocycles. The molecule has 3 heterocycles. The van der Waals surface area contributed by atoms with Crippen LogP contribution in [0, 0.1) is 17.1 Å². The lowest BCUT2D eigenvalue weighted by Gasteiger charge is -2.23. The number of aromatic nitrogens is 2. The largest absolute Gasteiger partial charge is 0.373 e. The normalized spacial score (nSPS) is 13.7. The molecule has 0 bridgehead atoms. The zero-order valence-electron chi connectivity index (χ0n) is 20.7. The number of hydrogen-bond donors (Lipinski definition) is 4. The molecule has 12 heteroatoms. The van der Waals surface area contributed by atoms with Gasteiger partial charge in [-0.2, -0.15) is 5.26 Å². The van der Waals surface area contributed by atoms with Crippen LogP contribution in [-0.2, 0) is 0 Å². The zero-order chi connectivity index (χ0) is 27.7. The first-order valence-corrected chi connectivity index (χ1v) is 13.0. The van der Waals surface area contributed by atoms with Crippen LogP contribution in [-0.4, -0.2) is 21.0 Å². The van der Waals surface area contributed by atoms with E-state index in [1.807, 2.05) is 29.4 Å². The average Bonchev–Trinajstić information content (AvgIpc) is 3.41. The van der Waals surface area contributed by atoms with Gasteiger partial charge in [0.1, 0.15) is 17.0 Å². The van der Waals surface area contributed by atoms with Gasteiger partial charge in [-0.25, -0.2) is 9.37 Å². The van der Waals surface area contributed by atoms with Crippen molar-refractivity contribution < 1.29 is 4.39 Å². The molecular weight excluding hydrogens is 562 g/mol. The summed E-state index contributed by atoms with van der Waals surface area (Å²) in [6, 6.07) is 13.4. The summed E-state index contributed by atoms with van der Waals surface area (Å²) >= 11 is 19.2. The Morgan fingerprint density at radius 1 is 1.05 bits per heavy atom. The summed E-state index contributed by atoms with van der Waals surface area (Å²) in [5.41, 5.74) is 10.2. The molecule has 0 spiro atoms. The van der Waals surface area contributed by atoms with Crippen molar-refractivity contribution in [3.63, 3.8) is 0 Å². The smallest absolute Gasteiger partial charge is 0.141 e. The quantitative estimate of drug-likeness (QED) is 0.171. The Hall–Kier alpha value is -3.81. The van der Waals surface area contributed by atoms with Crippen LogP contribution in [0.1, 0.15) is 31.0 Å². The lowest BCUT2D eigenvalue weighted by atomic mass is 10.0. The van der Waals surface area contributed by atoms with Crippen molar-refractivity contribution in [2.75, 3.05) is 10.6 Å². The van der Waals surface area contributed by atoms with E-state index in [4.69, 9.17) is 34.8 Å². The Kier molecular flexibility index (Phi) is 7.64. The van der Waals surface area contributed by atoms with Gasteiger partial charge in [-0.15, -0.1) is 5.53 Å². The maximum absolute atomic E-state index is 13.7. The van der Waals surface area contributed by atoms with E-state index in [2.05, 4.69) is 51.5 Å². The van der Waals surface area contributed by atoms with Crippen molar-refractivity contribution in [1.82, 2.24) is 25.9 Å². The number of halogens is 4. The van der Waals surface area contributed by atoms with Crippen molar-refractivity contribution in [2.45, 2.75) is 25.9 Å². The van der Waals surface area contributed by atoms with Gasteiger partial charge in [0.05, 0.1) is 38.6 Å². The van der Waals surface area contributed by atoms with Crippen LogP contribution in [0.2, 0.25) is 15.2 Å². The highest BCUT2D eigenvalue weighted by Gasteiger charge is 2.26. The molecule has 0 saturated heterocycles. The van der Waals surface area contributed by atoms with Gasteiger partial charge in [0.2, 0.25) is 0 Å². The molecular formula is C27H22Cl3FN8. The Bertz CT molecular complexity index is 1640. The van der Waals surface area contributed by atoms with Crippen LogP contribution in [0.25, 0.3) is 10.9 Å². The molecule has 5 rings (SSSR count). The van der Waals surface area contributed by atoms with Gasteiger partial charge < -0.3 is 16.1 Å². The minimum atomic E-state index is -0.544. The molecule has 2 aromatic heterocycles. The fraction of sp³-hybridized carbons (Fsp3) is 0.148. The van der Waals surface area contributed by atoms with Crippen LogP contribution < -0.4 is 21.6 Å². The second-order valence-electron chi connectivity index (χ2n) is 9.05. The molecule has 0 amide bonds. The van der Waals surface area contributed by atoms with Gasteiger partial charge in [0.15, 0.2) is 0 Å². The van der Waals surface area contributed by atoms with Gasteiger partial charge in [0.25, 0.3) is 0 Å². The number of pyridine rings is 2. The molecule has 0 unspecified atom stereocenters. The van der Waals surface area contributed by atoms with Crippen LogP contribution in [0.4, 0.5) is 21.5 Å². The number of nitrogens with one attached hydrogen (secondary N) is 4. The number of anilines is 3. The van der Waals surface area contributed by atoms with E-state index in [0.717, 1.165) is 11.3 Å². The second kappa shape index (κ2) is 11.1. The summed E-state index contributed by atoms with van der Waals surface area (Å²) in [6.07, 6.45) is 5.01. The van der Waals surface area contributed by atoms with Crippen molar-refractivity contribution in [3.8, 4) is 6.07 Å². The number of nitriles is 1. The minimum absolute atomic E-state index is 0.0464. The molecule has 0 saturated carbocycles. The van der Waals surface area contributed by atoms with E-state index < -0.39 is 11.9 Å². The molecule has 0 aliphatic carbocycles. The maximum Gasteiger partial charge on any atom is 0.141 e. The van der Waals surface area contributed by atoms with Crippen molar-refractivity contribution in [1.29, 1.82) is 5.26 Å². The summed E-state index contributed by atoms with van der Waals surface area (Å²) in [7, 11) is 0. The highest BCUT2D eigenvalue weighted by molar-refractivity contribution is 6.36. The van der Waals surface area contributed by atoms with Crippen LogP contribution >= 0.6 is 34.8 Å². The number of fused-ring (bicyclic) bond motifs is 1. The second-order valence-corrected chi connectivity index (χ2v) is 10.2. The topological polar surface area (TPSA) is 101 Å². The number of nitrogens with zero attached hydrogens (tertiary/aromatic N) is 4. The van der Waals surface area contributed by atoms with E-state index in [0.29, 0.717) is 38.1 Å². The van der Waals surface area contributed by atoms with Crippen LogP contribution in [0.3, 0.4) is 0 Å². The fourth-order valence-electron chi connectivity index (χ4n) is 4.15. The Labute approximate surface area is 239 Å². The highest BCUT2D eigenvalue weighted by atomic mass is 35.5. The molecule has 0 fully saturated rings. The minimum Gasteiger partial charge on any atom is -0.373 e. The van der Waals surface area contributed by atoms with Gasteiger partial charge in [-0.1, -0.05) is 40.9 Å². The van der Waals surface area contributed by atoms with Crippen molar-refractivity contribution in [3.05, 3.63) is 98.9 Å². The molecule has 4 N–H and O–H groups in total. The highest BCUT2D eigenvalue weighted by Crippen LogP contribution is 2.38. The third kappa shape index (κ3) is 5.51. The molecule has 1 aliphatic heterocycles. The molecule has 4 aromatic rings. The Balaban J connectivity index is 1.61. The number of hydrogen-bond acceptors (Lipinski definition) is 8. The molecule has 1 aliphatic rings. The summed E-state index contributed by atoms with van der Waals surface area (Å²) in [4.78, 5) is 8.65. The number of benzene rings is 2. The van der Waals surface area contributed by atoms with E-state index >= 15 is 0 Å². The van der Waals surface area contributed by atoms with E-state index in [1.165, 1.54) is 24.4 Å². The Morgan fingerprint density at radius 3 is 2.54 bits per heavy atom. The third-order valence-electron chi connectivity index (χ3n) is 6.12. The van der Waals surface area contributed by atoms with Crippen molar-refractivity contribution >= 4 is 62.8 Å². The summed E-state index contributed by atoms with van der Waals surface area (Å²) in [5.74, 6) is -0.544. The lowest BCUT2D eigenvalue weighted by molar-refractivity contribution is 0.221. The maximum atomic E-state index is 13.7. The molecule has 0 radical (unpaired) electrons. The fourth-order valence-corrected chi connectivity index (χ4v) is 4.83. The van der Waals surface area contributed by atoms with Gasteiger partial charge in [-0.3, -0.25) is 9.99 Å². The van der Waals surface area contributed by atoms with Crippen LogP contribution in [0.15, 0.2) is 66.8 Å².